The van der Waals surface area contributed by atoms with Gasteiger partial charge in [-0.25, -0.2) is 4.79 Å². The molecule has 0 aliphatic carbocycles. The molecule has 2 heterocycles. The first-order valence-electron chi connectivity index (χ1n) is 8.12. The van der Waals surface area contributed by atoms with Gasteiger partial charge < -0.3 is 14.5 Å². The van der Waals surface area contributed by atoms with Crippen LogP contribution in [-0.4, -0.2) is 73.2 Å². The average molecular weight is 303 g/mol. The van der Waals surface area contributed by atoms with Crippen molar-refractivity contribution in [2.24, 2.45) is 0 Å². The summed E-state index contributed by atoms with van der Waals surface area (Å²) < 4.78 is 5.31. The number of benzene rings is 1. The maximum atomic E-state index is 12.5. The lowest BCUT2D eigenvalue weighted by molar-refractivity contribution is 0.0373. The van der Waals surface area contributed by atoms with E-state index in [1.54, 1.807) is 0 Å². The number of aryl methyl sites for hydroxylation is 1. The number of nitrogens with zero attached hydrogens (tertiary/aromatic N) is 3. The second-order valence-corrected chi connectivity index (χ2v) is 6.07. The van der Waals surface area contributed by atoms with Crippen molar-refractivity contribution < 1.29 is 9.53 Å². The third-order valence-corrected chi connectivity index (χ3v) is 4.58. The van der Waals surface area contributed by atoms with Crippen LogP contribution < -0.4 is 0 Å². The van der Waals surface area contributed by atoms with Gasteiger partial charge >= 0.3 is 6.03 Å². The van der Waals surface area contributed by atoms with E-state index in [4.69, 9.17) is 4.74 Å². The molecule has 0 N–H and O–H groups in total. The van der Waals surface area contributed by atoms with Crippen molar-refractivity contribution in [1.82, 2.24) is 14.7 Å². The number of amides is 2. The van der Waals surface area contributed by atoms with Crippen molar-refractivity contribution in [3.05, 3.63) is 35.4 Å². The summed E-state index contributed by atoms with van der Waals surface area (Å²) in [5.74, 6) is 0. The van der Waals surface area contributed by atoms with Gasteiger partial charge in [-0.3, -0.25) is 4.90 Å². The van der Waals surface area contributed by atoms with Crippen LogP contribution in [0.2, 0.25) is 0 Å². The second-order valence-electron chi connectivity index (χ2n) is 6.07. The lowest BCUT2D eigenvalue weighted by atomic mass is 10.1. The zero-order valence-corrected chi connectivity index (χ0v) is 13.3. The number of ether oxygens (including phenoxy) is 1. The van der Waals surface area contributed by atoms with E-state index < -0.39 is 0 Å². The van der Waals surface area contributed by atoms with Gasteiger partial charge in [-0.2, -0.15) is 0 Å². The number of piperazine rings is 1. The van der Waals surface area contributed by atoms with Crippen molar-refractivity contribution >= 4 is 6.03 Å². The monoisotopic (exact) mass is 303 g/mol. The molecule has 2 saturated heterocycles. The Kier molecular flexibility index (Phi) is 4.95. The maximum Gasteiger partial charge on any atom is 0.320 e. The van der Waals surface area contributed by atoms with E-state index in [-0.39, 0.29) is 6.03 Å². The van der Waals surface area contributed by atoms with Gasteiger partial charge in [0.25, 0.3) is 0 Å². The van der Waals surface area contributed by atoms with E-state index in [2.05, 4.69) is 36.1 Å². The summed E-state index contributed by atoms with van der Waals surface area (Å²) in [4.78, 5) is 18.8. The molecule has 1 aromatic rings. The standard InChI is InChI=1S/C17H25N3O2/c1-15-4-2-3-5-16(15)14-18-6-8-19(9-7-18)17(21)20-10-12-22-13-11-20/h2-5H,6-14H2,1H3. The molecule has 2 aliphatic heterocycles. The van der Waals surface area contributed by atoms with E-state index in [1.807, 2.05) is 9.80 Å². The summed E-state index contributed by atoms with van der Waals surface area (Å²) in [6.07, 6.45) is 0. The molecule has 0 aromatic heterocycles. The van der Waals surface area contributed by atoms with Crippen LogP contribution in [0.25, 0.3) is 0 Å². The zero-order valence-electron chi connectivity index (χ0n) is 13.3. The first-order valence-corrected chi connectivity index (χ1v) is 8.12. The average Bonchev–Trinajstić information content (AvgIpc) is 2.58. The molecule has 5 heteroatoms. The normalized spacial score (nSPS) is 20.2. The molecule has 0 unspecified atom stereocenters. The molecule has 0 radical (unpaired) electrons. The van der Waals surface area contributed by atoms with Crippen LogP contribution >= 0.6 is 0 Å². The molecular weight excluding hydrogens is 278 g/mol. The van der Waals surface area contributed by atoms with Gasteiger partial charge in [0.2, 0.25) is 0 Å². The zero-order chi connectivity index (χ0) is 15.4. The summed E-state index contributed by atoms with van der Waals surface area (Å²) in [7, 11) is 0. The van der Waals surface area contributed by atoms with Crippen molar-refractivity contribution in [1.29, 1.82) is 0 Å². The molecule has 5 nitrogen and oxygen atoms in total. The molecule has 1 aromatic carbocycles. The Bertz CT molecular complexity index is 506. The molecule has 2 amide bonds. The Morgan fingerprint density at radius 1 is 1.00 bits per heavy atom. The smallest absolute Gasteiger partial charge is 0.320 e. The fourth-order valence-electron chi connectivity index (χ4n) is 3.08. The molecular formula is C17H25N3O2. The second kappa shape index (κ2) is 7.11. The number of hydrogen-bond acceptors (Lipinski definition) is 3. The summed E-state index contributed by atoms with van der Waals surface area (Å²) >= 11 is 0. The molecule has 2 aliphatic rings. The number of urea groups is 1. The molecule has 0 spiro atoms. The van der Waals surface area contributed by atoms with Crippen LogP contribution in [0.15, 0.2) is 24.3 Å². The van der Waals surface area contributed by atoms with E-state index in [9.17, 15) is 4.79 Å². The van der Waals surface area contributed by atoms with Gasteiger partial charge in [0.1, 0.15) is 0 Å². The third kappa shape index (κ3) is 3.59. The van der Waals surface area contributed by atoms with Gasteiger partial charge in [-0.05, 0) is 18.1 Å². The topological polar surface area (TPSA) is 36.0 Å². The Morgan fingerprint density at radius 3 is 2.32 bits per heavy atom. The molecule has 0 atom stereocenters. The van der Waals surface area contributed by atoms with E-state index >= 15 is 0 Å². The quantitative estimate of drug-likeness (QED) is 0.832. The predicted molar refractivity (Wildman–Crippen MR) is 85.8 cm³/mol. The molecule has 0 bridgehead atoms. The van der Waals surface area contributed by atoms with Gasteiger partial charge in [0.15, 0.2) is 0 Å². The minimum absolute atomic E-state index is 0.179. The van der Waals surface area contributed by atoms with Gasteiger partial charge in [-0.15, -0.1) is 0 Å². The van der Waals surface area contributed by atoms with Crippen LogP contribution in [-0.2, 0) is 11.3 Å². The van der Waals surface area contributed by atoms with Crippen molar-refractivity contribution in [2.75, 3.05) is 52.5 Å². The fraction of sp³-hybridized carbons (Fsp3) is 0.588. The summed E-state index contributed by atoms with van der Waals surface area (Å²) in [5.41, 5.74) is 2.73. The number of carbonyl (C=O) groups excluding carboxylic acids is 1. The minimum Gasteiger partial charge on any atom is -0.378 e. The first kappa shape index (κ1) is 15.3. The van der Waals surface area contributed by atoms with Crippen LogP contribution in [0, 0.1) is 6.92 Å². The SMILES string of the molecule is Cc1ccccc1CN1CCN(C(=O)N2CCOCC2)CC1. The van der Waals surface area contributed by atoms with Crippen molar-refractivity contribution in [3.63, 3.8) is 0 Å². The Morgan fingerprint density at radius 2 is 1.64 bits per heavy atom. The third-order valence-electron chi connectivity index (χ3n) is 4.58. The Hall–Kier alpha value is -1.59. The first-order chi connectivity index (χ1) is 10.7. The van der Waals surface area contributed by atoms with Gasteiger partial charge in [-0.1, -0.05) is 24.3 Å². The van der Waals surface area contributed by atoms with Crippen molar-refractivity contribution in [3.8, 4) is 0 Å². The highest BCUT2D eigenvalue weighted by molar-refractivity contribution is 5.74. The summed E-state index contributed by atoms with van der Waals surface area (Å²) in [5, 5.41) is 0. The summed E-state index contributed by atoms with van der Waals surface area (Å²) in [6.45, 7) is 9.46. The van der Waals surface area contributed by atoms with Gasteiger partial charge in [0, 0.05) is 45.8 Å². The Balaban J connectivity index is 1.50. The van der Waals surface area contributed by atoms with E-state index in [1.165, 1.54) is 11.1 Å². The van der Waals surface area contributed by atoms with Crippen LogP contribution in [0.3, 0.4) is 0 Å². The number of rotatable bonds is 2. The van der Waals surface area contributed by atoms with E-state index in [0.717, 1.165) is 45.8 Å². The van der Waals surface area contributed by atoms with Crippen molar-refractivity contribution in [2.45, 2.75) is 13.5 Å². The van der Waals surface area contributed by atoms with Crippen LogP contribution in [0.5, 0.6) is 0 Å². The van der Waals surface area contributed by atoms with Gasteiger partial charge in [0.05, 0.1) is 13.2 Å². The minimum atomic E-state index is 0.179. The van der Waals surface area contributed by atoms with Crippen LogP contribution in [0.4, 0.5) is 4.79 Å². The van der Waals surface area contributed by atoms with Crippen LogP contribution in [0.1, 0.15) is 11.1 Å². The fourth-order valence-corrected chi connectivity index (χ4v) is 3.08. The largest absolute Gasteiger partial charge is 0.378 e. The number of carbonyl (C=O) groups is 1. The molecule has 2 fully saturated rings. The maximum absolute atomic E-state index is 12.5. The highest BCUT2D eigenvalue weighted by Crippen LogP contribution is 2.13. The summed E-state index contributed by atoms with van der Waals surface area (Å²) in [6, 6.07) is 8.71. The lowest BCUT2D eigenvalue weighted by Crippen LogP contribution is -2.54. The number of morpholine rings is 1. The predicted octanol–water partition coefficient (Wildman–Crippen LogP) is 1.56. The number of hydrogen-bond donors (Lipinski definition) is 0. The highest BCUT2D eigenvalue weighted by Gasteiger charge is 2.26. The molecule has 3 rings (SSSR count). The highest BCUT2D eigenvalue weighted by atomic mass is 16.5. The van der Waals surface area contributed by atoms with E-state index in [0.29, 0.717) is 13.2 Å². The Labute approximate surface area is 132 Å². The molecule has 22 heavy (non-hydrogen) atoms. The molecule has 120 valence electrons. The molecule has 0 saturated carbocycles. The lowest BCUT2D eigenvalue weighted by Gasteiger charge is -2.38.